The summed E-state index contributed by atoms with van der Waals surface area (Å²) in [4.78, 5) is 0.283. The summed E-state index contributed by atoms with van der Waals surface area (Å²) in [6.07, 6.45) is 3.82. The molecule has 0 saturated heterocycles. The number of hydrogen-bond donors (Lipinski definition) is 1. The van der Waals surface area contributed by atoms with Gasteiger partial charge in [-0.05, 0) is 43.5 Å². The van der Waals surface area contributed by atoms with Gasteiger partial charge in [-0.2, -0.15) is 0 Å². The number of benzene rings is 1. The van der Waals surface area contributed by atoms with Gasteiger partial charge in [-0.15, -0.1) is 0 Å². The lowest BCUT2D eigenvalue weighted by molar-refractivity contribution is 0.407. The first-order valence-electron chi connectivity index (χ1n) is 7.22. The zero-order chi connectivity index (χ0) is 14.8. The van der Waals surface area contributed by atoms with Crippen LogP contribution in [0, 0.1) is 5.82 Å². The number of unbranched alkanes of at least 4 members (excludes halogenated alkanes) is 1. The van der Waals surface area contributed by atoms with E-state index in [0.29, 0.717) is 18.0 Å². The lowest BCUT2D eigenvalue weighted by atomic mass is 10.0. The minimum atomic E-state index is -3.25. The Morgan fingerprint density at radius 1 is 1.45 bits per heavy atom. The summed E-state index contributed by atoms with van der Waals surface area (Å²) in [6, 6.07) is 4.20. The van der Waals surface area contributed by atoms with Crippen molar-refractivity contribution in [1.82, 2.24) is 5.32 Å². The lowest BCUT2D eigenvalue weighted by Gasteiger charge is -2.29. The molecule has 3 nitrogen and oxygen atoms in total. The SMILES string of the molecule is CCCCC(C)NC1CCS(=O)(=O)c2ccc(F)cc21. The van der Waals surface area contributed by atoms with Crippen LogP contribution < -0.4 is 5.32 Å². The van der Waals surface area contributed by atoms with Gasteiger partial charge in [-0.3, -0.25) is 0 Å². The number of sulfone groups is 1. The first-order valence-corrected chi connectivity index (χ1v) is 8.87. The Balaban J connectivity index is 2.23. The maximum atomic E-state index is 13.4. The molecule has 20 heavy (non-hydrogen) atoms. The molecule has 0 spiro atoms. The molecule has 1 aromatic rings. The van der Waals surface area contributed by atoms with Crippen LogP contribution in [-0.4, -0.2) is 20.2 Å². The predicted molar refractivity (Wildman–Crippen MR) is 77.9 cm³/mol. The van der Waals surface area contributed by atoms with Crippen LogP contribution in [-0.2, 0) is 9.84 Å². The summed E-state index contributed by atoms with van der Waals surface area (Å²) < 4.78 is 37.5. The van der Waals surface area contributed by atoms with Crippen molar-refractivity contribution in [2.24, 2.45) is 0 Å². The van der Waals surface area contributed by atoms with Crippen LogP contribution in [0.2, 0.25) is 0 Å². The summed E-state index contributed by atoms with van der Waals surface area (Å²) in [5.74, 6) is -0.252. The first kappa shape index (κ1) is 15.4. The molecular formula is C15H22FNO2S. The zero-order valence-electron chi connectivity index (χ0n) is 12.0. The molecule has 112 valence electrons. The van der Waals surface area contributed by atoms with Crippen LogP contribution in [0.5, 0.6) is 0 Å². The van der Waals surface area contributed by atoms with Gasteiger partial charge in [0.1, 0.15) is 5.82 Å². The van der Waals surface area contributed by atoms with E-state index in [0.717, 1.165) is 19.3 Å². The summed E-state index contributed by atoms with van der Waals surface area (Å²) in [6.45, 7) is 4.24. The highest BCUT2D eigenvalue weighted by Gasteiger charge is 2.31. The van der Waals surface area contributed by atoms with Crippen molar-refractivity contribution in [3.8, 4) is 0 Å². The number of fused-ring (bicyclic) bond motifs is 1. The highest BCUT2D eigenvalue weighted by atomic mass is 32.2. The smallest absolute Gasteiger partial charge is 0.178 e. The van der Waals surface area contributed by atoms with Crippen LogP contribution in [0.1, 0.15) is 51.1 Å². The number of hydrogen-bond acceptors (Lipinski definition) is 3. The second-order valence-electron chi connectivity index (χ2n) is 5.55. The number of nitrogens with one attached hydrogen (secondary N) is 1. The average molecular weight is 299 g/mol. The molecule has 0 aliphatic carbocycles. The third-order valence-electron chi connectivity index (χ3n) is 3.83. The van der Waals surface area contributed by atoms with Gasteiger partial charge in [0.15, 0.2) is 9.84 Å². The Bertz CT molecular complexity index is 571. The molecule has 0 bridgehead atoms. The molecule has 5 heteroatoms. The Labute approximate surface area is 120 Å². The number of rotatable bonds is 5. The fraction of sp³-hybridized carbons (Fsp3) is 0.600. The van der Waals surface area contributed by atoms with Crippen molar-refractivity contribution in [2.75, 3.05) is 5.75 Å². The number of halogens is 1. The van der Waals surface area contributed by atoms with Crippen LogP contribution >= 0.6 is 0 Å². The average Bonchev–Trinajstić information content (AvgIpc) is 2.39. The van der Waals surface area contributed by atoms with E-state index in [2.05, 4.69) is 19.2 Å². The second kappa shape index (κ2) is 6.22. The fourth-order valence-corrected chi connectivity index (χ4v) is 4.33. The molecule has 0 aromatic heterocycles. The molecule has 2 rings (SSSR count). The third-order valence-corrected chi connectivity index (χ3v) is 5.65. The third kappa shape index (κ3) is 3.38. The minimum absolute atomic E-state index is 0.0731. The van der Waals surface area contributed by atoms with Gasteiger partial charge in [0.2, 0.25) is 0 Å². The van der Waals surface area contributed by atoms with Crippen molar-refractivity contribution >= 4 is 9.84 Å². The maximum absolute atomic E-state index is 13.4. The van der Waals surface area contributed by atoms with Gasteiger partial charge in [0, 0.05) is 12.1 Å². The molecule has 1 aliphatic heterocycles. The van der Waals surface area contributed by atoms with E-state index < -0.39 is 9.84 Å². The molecule has 1 aliphatic rings. The maximum Gasteiger partial charge on any atom is 0.178 e. The van der Waals surface area contributed by atoms with Crippen molar-refractivity contribution < 1.29 is 12.8 Å². The summed E-state index contributed by atoms with van der Waals surface area (Å²) in [7, 11) is -3.25. The molecule has 0 fully saturated rings. The highest BCUT2D eigenvalue weighted by Crippen LogP contribution is 2.33. The quantitative estimate of drug-likeness (QED) is 0.849. The van der Waals surface area contributed by atoms with E-state index in [-0.39, 0.29) is 22.5 Å². The predicted octanol–water partition coefficient (Wildman–Crippen LogP) is 3.21. The molecule has 1 N–H and O–H groups in total. The Hall–Kier alpha value is -0.940. The highest BCUT2D eigenvalue weighted by molar-refractivity contribution is 7.91. The molecule has 1 aromatic carbocycles. The van der Waals surface area contributed by atoms with Crippen molar-refractivity contribution in [3.63, 3.8) is 0 Å². The van der Waals surface area contributed by atoms with E-state index in [1.807, 2.05) is 0 Å². The molecular weight excluding hydrogens is 277 g/mol. The first-order chi connectivity index (χ1) is 9.44. The normalized spacial score (nSPS) is 22.2. The molecule has 2 unspecified atom stereocenters. The van der Waals surface area contributed by atoms with Crippen molar-refractivity contribution in [3.05, 3.63) is 29.6 Å². The second-order valence-corrected chi connectivity index (χ2v) is 7.63. The van der Waals surface area contributed by atoms with E-state index >= 15 is 0 Å². The van der Waals surface area contributed by atoms with E-state index in [1.54, 1.807) is 0 Å². The van der Waals surface area contributed by atoms with Gasteiger partial charge in [-0.1, -0.05) is 19.8 Å². The lowest BCUT2D eigenvalue weighted by Crippen LogP contribution is -2.35. The van der Waals surface area contributed by atoms with Crippen LogP contribution in [0.3, 0.4) is 0 Å². The molecule has 0 saturated carbocycles. The summed E-state index contributed by atoms with van der Waals surface area (Å²) >= 11 is 0. The van der Waals surface area contributed by atoms with Gasteiger partial charge in [0.05, 0.1) is 10.6 Å². The van der Waals surface area contributed by atoms with E-state index in [4.69, 9.17) is 0 Å². The summed E-state index contributed by atoms with van der Waals surface area (Å²) in [5.41, 5.74) is 0.583. The van der Waals surface area contributed by atoms with Crippen LogP contribution in [0.4, 0.5) is 4.39 Å². The van der Waals surface area contributed by atoms with Gasteiger partial charge in [-0.25, -0.2) is 12.8 Å². The van der Waals surface area contributed by atoms with Gasteiger partial charge in [0.25, 0.3) is 0 Å². The Morgan fingerprint density at radius 3 is 2.90 bits per heavy atom. The van der Waals surface area contributed by atoms with Crippen LogP contribution in [0.15, 0.2) is 23.1 Å². The van der Waals surface area contributed by atoms with Gasteiger partial charge < -0.3 is 5.32 Å². The molecule has 1 heterocycles. The van der Waals surface area contributed by atoms with Crippen molar-refractivity contribution in [2.45, 2.75) is 56.5 Å². The Morgan fingerprint density at radius 2 is 2.20 bits per heavy atom. The molecule has 0 amide bonds. The minimum Gasteiger partial charge on any atom is -0.307 e. The van der Waals surface area contributed by atoms with E-state index in [1.165, 1.54) is 18.2 Å². The largest absolute Gasteiger partial charge is 0.307 e. The standard InChI is InChI=1S/C15H22FNO2S/c1-3-4-5-11(2)17-14-8-9-20(18,19)15-7-6-12(16)10-13(14)15/h6-7,10-11,14,17H,3-5,8-9H2,1-2H3. The van der Waals surface area contributed by atoms with E-state index in [9.17, 15) is 12.8 Å². The van der Waals surface area contributed by atoms with Crippen LogP contribution in [0.25, 0.3) is 0 Å². The summed E-state index contributed by atoms with van der Waals surface area (Å²) in [5, 5.41) is 3.44. The van der Waals surface area contributed by atoms with Crippen molar-refractivity contribution in [1.29, 1.82) is 0 Å². The zero-order valence-corrected chi connectivity index (χ0v) is 12.8. The Kier molecular flexibility index (Phi) is 4.81. The molecule has 2 atom stereocenters. The van der Waals surface area contributed by atoms with Gasteiger partial charge >= 0.3 is 0 Å². The fourth-order valence-electron chi connectivity index (χ4n) is 2.72. The topological polar surface area (TPSA) is 46.2 Å². The monoisotopic (exact) mass is 299 g/mol. The molecule has 0 radical (unpaired) electrons.